The third-order valence-corrected chi connectivity index (χ3v) is 4.98. The van der Waals surface area contributed by atoms with Gasteiger partial charge in [-0.15, -0.1) is 0 Å². The van der Waals surface area contributed by atoms with Gasteiger partial charge in [-0.3, -0.25) is 9.89 Å². The van der Waals surface area contributed by atoms with Crippen LogP contribution >= 0.6 is 0 Å². The van der Waals surface area contributed by atoms with E-state index in [1.807, 2.05) is 30.3 Å². The Hall–Kier alpha value is -2.94. The van der Waals surface area contributed by atoms with E-state index in [1.165, 1.54) is 11.1 Å². The Kier molecular flexibility index (Phi) is 6.59. The molecule has 0 saturated heterocycles. The molecule has 2 aromatic carbocycles. The summed E-state index contributed by atoms with van der Waals surface area (Å²) < 4.78 is 0. The summed E-state index contributed by atoms with van der Waals surface area (Å²) in [6, 6.07) is 18.5. The van der Waals surface area contributed by atoms with Crippen LogP contribution in [-0.4, -0.2) is 16.0 Å². The minimum Gasteiger partial charge on any atom is -0.299 e. The summed E-state index contributed by atoms with van der Waals surface area (Å²) in [6.45, 7) is 8.48. The number of carbonyl (C=O) groups is 1. The number of carbonyl (C=O) groups excluding carboxylic acids is 1. The van der Waals surface area contributed by atoms with Crippen LogP contribution in [0.25, 0.3) is 16.8 Å². The van der Waals surface area contributed by atoms with Crippen LogP contribution in [-0.2, 0) is 17.6 Å². The molecule has 3 heteroatoms. The molecule has 28 heavy (non-hydrogen) atoms. The molecule has 0 aliphatic carbocycles. The number of benzene rings is 2. The van der Waals surface area contributed by atoms with Crippen LogP contribution in [0.15, 0.2) is 61.2 Å². The molecule has 0 saturated carbocycles. The highest BCUT2D eigenvalue weighted by Crippen LogP contribution is 2.31. The Morgan fingerprint density at radius 3 is 2.43 bits per heavy atom. The van der Waals surface area contributed by atoms with Gasteiger partial charge in [0, 0.05) is 24.0 Å². The maximum atomic E-state index is 12.7. The third kappa shape index (κ3) is 4.86. The molecule has 1 heterocycles. The van der Waals surface area contributed by atoms with Gasteiger partial charge >= 0.3 is 0 Å². The normalized spacial score (nSPS) is 10.8. The van der Waals surface area contributed by atoms with Crippen molar-refractivity contribution in [2.24, 2.45) is 0 Å². The van der Waals surface area contributed by atoms with Crippen LogP contribution in [0.3, 0.4) is 0 Å². The third-order valence-electron chi connectivity index (χ3n) is 4.98. The van der Waals surface area contributed by atoms with Crippen molar-refractivity contribution in [3.63, 3.8) is 0 Å². The van der Waals surface area contributed by atoms with Gasteiger partial charge in [0.2, 0.25) is 0 Å². The summed E-state index contributed by atoms with van der Waals surface area (Å²) in [7, 11) is 0. The van der Waals surface area contributed by atoms with Crippen LogP contribution in [0.1, 0.15) is 48.6 Å². The molecule has 3 nitrogen and oxygen atoms in total. The average Bonchev–Trinajstić information content (AvgIpc) is 3.12. The molecule has 1 aromatic heterocycles. The molecule has 3 rings (SSSR count). The SMILES string of the molecule is C=C(CCC)c1c(-c2ccccc2)n[nH]c1CC(=O)CCc1ccc(C)cc1. The van der Waals surface area contributed by atoms with E-state index in [0.29, 0.717) is 12.8 Å². The monoisotopic (exact) mass is 372 g/mol. The number of aromatic amines is 1. The molecular weight excluding hydrogens is 344 g/mol. The van der Waals surface area contributed by atoms with E-state index in [0.717, 1.165) is 47.4 Å². The van der Waals surface area contributed by atoms with Crippen molar-refractivity contribution in [1.82, 2.24) is 10.2 Å². The maximum Gasteiger partial charge on any atom is 0.139 e. The molecule has 0 fully saturated rings. The van der Waals surface area contributed by atoms with E-state index in [9.17, 15) is 4.79 Å². The first-order valence-electron chi connectivity index (χ1n) is 9.96. The average molecular weight is 373 g/mol. The lowest BCUT2D eigenvalue weighted by Gasteiger charge is -2.09. The van der Waals surface area contributed by atoms with Crippen LogP contribution < -0.4 is 0 Å². The number of allylic oxidation sites excluding steroid dienone is 1. The van der Waals surface area contributed by atoms with Crippen molar-refractivity contribution in [1.29, 1.82) is 0 Å². The molecular formula is C25H28N2O. The summed E-state index contributed by atoms with van der Waals surface area (Å²) in [4.78, 5) is 12.7. The largest absolute Gasteiger partial charge is 0.299 e. The molecule has 0 radical (unpaired) electrons. The van der Waals surface area contributed by atoms with Gasteiger partial charge in [-0.05, 0) is 30.9 Å². The first-order valence-corrected chi connectivity index (χ1v) is 9.96. The van der Waals surface area contributed by atoms with Crippen LogP contribution in [0.2, 0.25) is 0 Å². The fraction of sp³-hybridized carbons (Fsp3) is 0.280. The van der Waals surface area contributed by atoms with Crippen LogP contribution in [0.5, 0.6) is 0 Å². The number of ketones is 1. The Labute approximate surface area is 167 Å². The molecule has 3 aromatic rings. The number of Topliss-reactive ketones (excluding diaryl/α,β-unsaturated/α-hetero) is 1. The quantitative estimate of drug-likeness (QED) is 0.505. The number of H-pyrrole nitrogens is 1. The minimum atomic E-state index is 0.217. The second-order valence-electron chi connectivity index (χ2n) is 7.35. The van der Waals surface area contributed by atoms with Gasteiger partial charge in [0.25, 0.3) is 0 Å². The highest BCUT2D eigenvalue weighted by Gasteiger charge is 2.19. The smallest absolute Gasteiger partial charge is 0.139 e. The van der Waals surface area contributed by atoms with Gasteiger partial charge in [0.1, 0.15) is 5.78 Å². The lowest BCUT2D eigenvalue weighted by atomic mass is 9.94. The van der Waals surface area contributed by atoms with Gasteiger partial charge < -0.3 is 0 Å². The summed E-state index contributed by atoms with van der Waals surface area (Å²) in [5.74, 6) is 0.217. The topological polar surface area (TPSA) is 45.8 Å². The Morgan fingerprint density at radius 2 is 1.75 bits per heavy atom. The second-order valence-corrected chi connectivity index (χ2v) is 7.35. The summed E-state index contributed by atoms with van der Waals surface area (Å²) in [6.07, 6.45) is 3.57. The van der Waals surface area contributed by atoms with Gasteiger partial charge in [-0.25, -0.2) is 0 Å². The number of aromatic nitrogens is 2. The molecule has 0 bridgehead atoms. The van der Waals surface area contributed by atoms with E-state index in [-0.39, 0.29) is 5.78 Å². The predicted molar refractivity (Wildman–Crippen MR) is 116 cm³/mol. The number of nitrogens with one attached hydrogen (secondary N) is 1. The van der Waals surface area contributed by atoms with Crippen LogP contribution in [0.4, 0.5) is 0 Å². The zero-order valence-electron chi connectivity index (χ0n) is 16.8. The highest BCUT2D eigenvalue weighted by molar-refractivity contribution is 5.85. The van der Waals surface area contributed by atoms with Gasteiger partial charge in [-0.2, -0.15) is 5.10 Å². The van der Waals surface area contributed by atoms with Crippen molar-refractivity contribution in [2.45, 2.75) is 46.0 Å². The number of hydrogen-bond donors (Lipinski definition) is 1. The summed E-state index contributed by atoms with van der Waals surface area (Å²) >= 11 is 0. The summed E-state index contributed by atoms with van der Waals surface area (Å²) in [5, 5.41) is 7.65. The molecule has 1 N–H and O–H groups in total. The van der Waals surface area contributed by atoms with E-state index >= 15 is 0 Å². The zero-order chi connectivity index (χ0) is 19.9. The predicted octanol–water partition coefficient (Wildman–Crippen LogP) is 5.94. The van der Waals surface area contributed by atoms with Crippen molar-refractivity contribution in [3.05, 3.63) is 83.6 Å². The van der Waals surface area contributed by atoms with Crippen LogP contribution in [0, 0.1) is 6.92 Å². The number of aryl methyl sites for hydroxylation is 2. The molecule has 0 aliphatic rings. The first-order chi connectivity index (χ1) is 13.6. The maximum absolute atomic E-state index is 12.7. The van der Waals surface area contributed by atoms with E-state index in [2.05, 4.69) is 54.9 Å². The molecule has 0 unspecified atom stereocenters. The van der Waals surface area contributed by atoms with E-state index in [1.54, 1.807) is 0 Å². The van der Waals surface area contributed by atoms with Crippen molar-refractivity contribution in [3.8, 4) is 11.3 Å². The van der Waals surface area contributed by atoms with E-state index in [4.69, 9.17) is 0 Å². The number of rotatable bonds is 9. The molecule has 144 valence electrons. The zero-order valence-corrected chi connectivity index (χ0v) is 16.8. The van der Waals surface area contributed by atoms with Gasteiger partial charge in [0.05, 0.1) is 11.4 Å². The number of nitrogens with zero attached hydrogens (tertiary/aromatic N) is 1. The summed E-state index contributed by atoms with van der Waals surface area (Å²) in [5.41, 5.74) is 7.30. The fourth-order valence-corrected chi connectivity index (χ4v) is 3.44. The Morgan fingerprint density at radius 1 is 1.04 bits per heavy atom. The Bertz CT molecular complexity index is 936. The van der Waals surface area contributed by atoms with Crippen molar-refractivity contribution in [2.75, 3.05) is 0 Å². The number of hydrogen-bond acceptors (Lipinski definition) is 2. The van der Waals surface area contributed by atoms with E-state index < -0.39 is 0 Å². The lowest BCUT2D eigenvalue weighted by Crippen LogP contribution is -2.06. The molecule has 0 spiro atoms. The second kappa shape index (κ2) is 9.32. The molecule has 0 atom stereocenters. The van der Waals surface area contributed by atoms with Gasteiger partial charge in [-0.1, -0.05) is 80.1 Å². The fourth-order valence-electron chi connectivity index (χ4n) is 3.44. The standard InChI is InChI=1S/C25H28N2O/c1-4-8-19(3)24-23(26-27-25(24)21-9-6-5-7-10-21)17-22(28)16-15-20-13-11-18(2)12-14-20/h5-7,9-14H,3-4,8,15-17H2,1-2H3,(H,26,27). The van der Waals surface area contributed by atoms with Gasteiger partial charge in [0.15, 0.2) is 0 Å². The Balaban J connectivity index is 1.77. The highest BCUT2D eigenvalue weighted by atomic mass is 16.1. The molecule has 0 amide bonds. The molecule has 0 aliphatic heterocycles. The van der Waals surface area contributed by atoms with Crippen molar-refractivity contribution >= 4 is 11.4 Å². The first kappa shape index (κ1) is 19.8. The minimum absolute atomic E-state index is 0.217. The van der Waals surface area contributed by atoms with Crippen molar-refractivity contribution < 1.29 is 4.79 Å². The lowest BCUT2D eigenvalue weighted by molar-refractivity contribution is -0.118.